The van der Waals surface area contributed by atoms with Gasteiger partial charge in [-0.2, -0.15) is 4.31 Å². The van der Waals surface area contributed by atoms with Crippen LogP contribution in [0.3, 0.4) is 0 Å². The van der Waals surface area contributed by atoms with Crippen LogP contribution in [0.2, 0.25) is 4.34 Å². The lowest BCUT2D eigenvalue weighted by Crippen LogP contribution is -2.43. The molecule has 0 bridgehead atoms. The smallest absolute Gasteiger partial charge is 0.413 e. The zero-order valence-corrected chi connectivity index (χ0v) is 18.2. The monoisotopic (exact) mass is 477 g/mol. The van der Waals surface area contributed by atoms with Crippen molar-refractivity contribution in [1.82, 2.24) is 9.62 Å². The maximum Gasteiger partial charge on any atom is 0.413 e. The average molecular weight is 478 g/mol. The summed E-state index contributed by atoms with van der Waals surface area (Å²) in [5, 5.41) is 6.39. The normalized spacial score (nSPS) is 17.1. The standard InChI is InChI=1S/C16H16ClN3O6S3/c1-26-16(23)19-13(21)9-6-8-27-15(9)18-14(22)10-3-2-7-20(10)29(24,25)12-5-4-11(17)28-12/h4-6,8,10H,2-3,7H2,1H3,(H,18,22)(H,19,21,23). The summed E-state index contributed by atoms with van der Waals surface area (Å²) >= 11 is 7.85. The third-order valence-corrected chi connectivity index (χ3v) is 8.60. The summed E-state index contributed by atoms with van der Waals surface area (Å²) in [5.41, 5.74) is 0.0752. The molecule has 1 saturated heterocycles. The number of carbonyl (C=O) groups excluding carboxylic acids is 3. The number of imide groups is 1. The predicted octanol–water partition coefficient (Wildman–Crippen LogP) is 2.75. The van der Waals surface area contributed by atoms with E-state index >= 15 is 0 Å². The van der Waals surface area contributed by atoms with Crippen molar-refractivity contribution in [3.63, 3.8) is 0 Å². The Morgan fingerprint density at radius 2 is 2.03 bits per heavy atom. The molecule has 1 aliphatic heterocycles. The van der Waals surface area contributed by atoms with Crippen LogP contribution in [0, 0.1) is 0 Å². The van der Waals surface area contributed by atoms with Gasteiger partial charge in [0.1, 0.15) is 15.3 Å². The van der Waals surface area contributed by atoms with Crippen molar-refractivity contribution in [2.45, 2.75) is 23.1 Å². The summed E-state index contributed by atoms with van der Waals surface area (Å²) in [4.78, 5) is 36.2. The molecule has 0 saturated carbocycles. The molecule has 3 amide bonds. The molecule has 13 heteroatoms. The van der Waals surface area contributed by atoms with Crippen molar-refractivity contribution in [2.75, 3.05) is 19.0 Å². The number of hydrogen-bond acceptors (Lipinski definition) is 8. The van der Waals surface area contributed by atoms with Crippen LogP contribution in [0.25, 0.3) is 0 Å². The summed E-state index contributed by atoms with van der Waals surface area (Å²) in [6, 6.07) is 3.42. The predicted molar refractivity (Wildman–Crippen MR) is 109 cm³/mol. The molecule has 156 valence electrons. The topological polar surface area (TPSA) is 122 Å². The lowest BCUT2D eigenvalue weighted by molar-refractivity contribution is -0.119. The molecule has 0 spiro atoms. The average Bonchev–Trinajstić information content (AvgIpc) is 3.41. The Labute approximate surface area is 179 Å². The molecule has 0 aliphatic carbocycles. The number of nitrogens with one attached hydrogen (secondary N) is 2. The third-order valence-electron chi connectivity index (χ3n) is 4.17. The van der Waals surface area contributed by atoms with Crippen LogP contribution in [-0.2, 0) is 19.6 Å². The van der Waals surface area contributed by atoms with Gasteiger partial charge in [0.15, 0.2) is 0 Å². The lowest BCUT2D eigenvalue weighted by Gasteiger charge is -2.22. The minimum atomic E-state index is -3.87. The number of methoxy groups -OCH3 is 1. The summed E-state index contributed by atoms with van der Waals surface area (Å²) in [6.45, 7) is 0.204. The van der Waals surface area contributed by atoms with E-state index in [-0.39, 0.29) is 21.3 Å². The van der Waals surface area contributed by atoms with Gasteiger partial charge in [-0.05, 0) is 36.4 Å². The zero-order chi connectivity index (χ0) is 21.2. The van der Waals surface area contributed by atoms with E-state index in [2.05, 4.69) is 10.1 Å². The molecule has 9 nitrogen and oxygen atoms in total. The summed E-state index contributed by atoms with van der Waals surface area (Å²) in [7, 11) is -2.75. The molecular formula is C16H16ClN3O6S3. The minimum absolute atomic E-state index is 0.0662. The first kappa shape index (κ1) is 21.7. The largest absolute Gasteiger partial charge is 0.453 e. The molecular weight excluding hydrogens is 462 g/mol. The highest BCUT2D eigenvalue weighted by molar-refractivity contribution is 7.91. The van der Waals surface area contributed by atoms with Crippen LogP contribution >= 0.6 is 34.3 Å². The lowest BCUT2D eigenvalue weighted by atomic mass is 10.2. The van der Waals surface area contributed by atoms with Gasteiger partial charge in [0.2, 0.25) is 5.91 Å². The van der Waals surface area contributed by atoms with Gasteiger partial charge in [0.05, 0.1) is 17.0 Å². The number of ether oxygens (including phenoxy) is 1. The van der Waals surface area contributed by atoms with E-state index in [1.807, 2.05) is 5.32 Å². The second-order valence-electron chi connectivity index (χ2n) is 5.93. The highest BCUT2D eigenvalue weighted by Gasteiger charge is 2.40. The van der Waals surface area contributed by atoms with E-state index in [1.165, 1.54) is 18.2 Å². The molecule has 0 radical (unpaired) electrons. The number of hydrogen-bond donors (Lipinski definition) is 2. The Bertz CT molecular complexity index is 1050. The minimum Gasteiger partial charge on any atom is -0.453 e. The number of sulfonamides is 1. The molecule has 29 heavy (non-hydrogen) atoms. The van der Waals surface area contributed by atoms with Crippen molar-refractivity contribution < 1.29 is 27.5 Å². The second-order valence-corrected chi connectivity index (χ2v) is 10.7. The molecule has 3 heterocycles. The molecule has 3 rings (SSSR count). The molecule has 1 unspecified atom stereocenters. The van der Waals surface area contributed by atoms with Gasteiger partial charge in [-0.15, -0.1) is 22.7 Å². The Kier molecular flexibility index (Phi) is 6.58. The summed E-state index contributed by atoms with van der Waals surface area (Å²) in [6.07, 6.45) is -0.0587. The van der Waals surface area contributed by atoms with Crippen LogP contribution in [0.5, 0.6) is 0 Å². The van der Waals surface area contributed by atoms with Gasteiger partial charge >= 0.3 is 6.09 Å². The van der Waals surface area contributed by atoms with Crippen molar-refractivity contribution in [2.24, 2.45) is 0 Å². The van der Waals surface area contributed by atoms with Gasteiger partial charge < -0.3 is 10.1 Å². The van der Waals surface area contributed by atoms with Crippen molar-refractivity contribution in [3.05, 3.63) is 33.5 Å². The highest BCUT2D eigenvalue weighted by atomic mass is 35.5. The van der Waals surface area contributed by atoms with Crippen molar-refractivity contribution >= 4 is 67.2 Å². The van der Waals surface area contributed by atoms with Crippen LogP contribution < -0.4 is 10.6 Å². The van der Waals surface area contributed by atoms with Crippen LogP contribution in [-0.4, -0.2) is 50.3 Å². The highest BCUT2D eigenvalue weighted by Crippen LogP contribution is 2.33. The second kappa shape index (κ2) is 8.79. The van der Waals surface area contributed by atoms with Crippen molar-refractivity contribution in [3.8, 4) is 0 Å². The Hall–Kier alpha value is -1.99. The van der Waals surface area contributed by atoms with E-state index in [1.54, 1.807) is 5.38 Å². The molecule has 2 N–H and O–H groups in total. The maximum absolute atomic E-state index is 12.9. The molecule has 1 fully saturated rings. The number of rotatable bonds is 5. The molecule has 2 aromatic rings. The van der Waals surface area contributed by atoms with E-state index in [9.17, 15) is 22.8 Å². The fraction of sp³-hybridized carbons (Fsp3) is 0.312. The Balaban J connectivity index is 1.77. The first-order chi connectivity index (χ1) is 13.7. The first-order valence-electron chi connectivity index (χ1n) is 8.29. The van der Waals surface area contributed by atoms with E-state index < -0.39 is 34.0 Å². The number of thiophene rings is 2. The molecule has 1 aliphatic rings. The van der Waals surface area contributed by atoms with Gasteiger partial charge in [0, 0.05) is 6.54 Å². The summed E-state index contributed by atoms with van der Waals surface area (Å²) < 4.78 is 31.7. The number of alkyl carbamates (subject to hydrolysis) is 1. The number of amides is 3. The third kappa shape index (κ3) is 4.61. The Morgan fingerprint density at radius 1 is 1.28 bits per heavy atom. The zero-order valence-electron chi connectivity index (χ0n) is 15.0. The number of nitrogens with zero attached hydrogens (tertiary/aromatic N) is 1. The van der Waals surface area contributed by atoms with E-state index in [0.29, 0.717) is 17.2 Å². The molecule has 0 aromatic carbocycles. The summed E-state index contributed by atoms with van der Waals surface area (Å²) in [5.74, 6) is -1.29. The SMILES string of the molecule is COC(=O)NC(=O)c1ccsc1NC(=O)C1CCCN1S(=O)(=O)c1ccc(Cl)s1. The fourth-order valence-electron chi connectivity index (χ4n) is 2.83. The first-order valence-corrected chi connectivity index (χ1v) is 11.8. The quantitative estimate of drug-likeness (QED) is 0.682. The van der Waals surface area contributed by atoms with Gasteiger partial charge in [-0.3, -0.25) is 14.9 Å². The maximum atomic E-state index is 12.9. The van der Waals surface area contributed by atoms with Crippen molar-refractivity contribution in [1.29, 1.82) is 0 Å². The molecule has 1 atom stereocenters. The Morgan fingerprint density at radius 3 is 2.69 bits per heavy atom. The van der Waals surface area contributed by atoms with Crippen LogP contribution in [0.15, 0.2) is 27.8 Å². The van der Waals surface area contributed by atoms with Gasteiger partial charge in [-0.1, -0.05) is 11.6 Å². The van der Waals surface area contributed by atoms with Gasteiger partial charge in [-0.25, -0.2) is 13.2 Å². The van der Waals surface area contributed by atoms with Crippen LogP contribution in [0.1, 0.15) is 23.2 Å². The number of halogens is 1. The molecule has 2 aromatic heterocycles. The number of anilines is 1. The van der Waals surface area contributed by atoms with E-state index in [4.69, 9.17) is 11.6 Å². The number of carbonyl (C=O) groups is 3. The fourth-order valence-corrected chi connectivity index (χ4v) is 6.89. The van der Waals surface area contributed by atoms with E-state index in [0.717, 1.165) is 34.1 Å². The van der Waals surface area contributed by atoms with Gasteiger partial charge in [0.25, 0.3) is 15.9 Å². The van der Waals surface area contributed by atoms with Crippen LogP contribution in [0.4, 0.5) is 9.80 Å².